The molecule has 4 heteroatoms. The second kappa shape index (κ2) is 4.28. The van der Waals surface area contributed by atoms with Crippen LogP contribution in [0.2, 0.25) is 0 Å². The summed E-state index contributed by atoms with van der Waals surface area (Å²) in [5.41, 5.74) is 1.09. The Labute approximate surface area is 88.5 Å². The standard InChI is InChI=1S/C10H16N2OS/c1-7-8(2)14-10(12-7)13-9-4-3-5-11-6-9/h9,11H,3-6H2,1-2H3. The lowest BCUT2D eigenvalue weighted by atomic mass is 10.1. The quantitative estimate of drug-likeness (QED) is 0.813. The summed E-state index contributed by atoms with van der Waals surface area (Å²) in [5, 5.41) is 4.16. The highest BCUT2D eigenvalue weighted by Gasteiger charge is 2.16. The molecule has 1 fully saturated rings. The third kappa shape index (κ3) is 2.25. The molecular formula is C10H16N2OS. The third-order valence-corrected chi connectivity index (χ3v) is 3.49. The molecule has 1 aromatic rings. The molecule has 0 amide bonds. The molecule has 1 aliphatic rings. The molecule has 78 valence electrons. The zero-order chi connectivity index (χ0) is 9.97. The number of hydrogen-bond acceptors (Lipinski definition) is 4. The molecule has 1 saturated heterocycles. The van der Waals surface area contributed by atoms with E-state index in [9.17, 15) is 0 Å². The SMILES string of the molecule is Cc1nc(OC2CCCNC2)sc1C. The van der Waals surface area contributed by atoms with Gasteiger partial charge in [-0.1, -0.05) is 11.3 Å². The van der Waals surface area contributed by atoms with E-state index in [4.69, 9.17) is 4.74 Å². The molecule has 2 rings (SSSR count). The van der Waals surface area contributed by atoms with Gasteiger partial charge < -0.3 is 10.1 Å². The first-order valence-corrected chi connectivity index (χ1v) is 5.89. The molecule has 1 unspecified atom stereocenters. The van der Waals surface area contributed by atoms with E-state index in [2.05, 4.69) is 17.2 Å². The van der Waals surface area contributed by atoms with E-state index < -0.39 is 0 Å². The average Bonchev–Trinajstić information content (AvgIpc) is 2.47. The number of ether oxygens (including phenoxy) is 1. The highest BCUT2D eigenvalue weighted by atomic mass is 32.1. The number of rotatable bonds is 2. The van der Waals surface area contributed by atoms with Crippen LogP contribution in [0.25, 0.3) is 0 Å². The van der Waals surface area contributed by atoms with E-state index in [0.717, 1.165) is 30.4 Å². The molecule has 14 heavy (non-hydrogen) atoms. The van der Waals surface area contributed by atoms with Crippen LogP contribution in [0.15, 0.2) is 0 Å². The monoisotopic (exact) mass is 212 g/mol. The van der Waals surface area contributed by atoms with Gasteiger partial charge in [-0.2, -0.15) is 0 Å². The summed E-state index contributed by atoms with van der Waals surface area (Å²) in [7, 11) is 0. The highest BCUT2D eigenvalue weighted by molar-refractivity contribution is 7.13. The highest BCUT2D eigenvalue weighted by Crippen LogP contribution is 2.25. The van der Waals surface area contributed by atoms with Crippen molar-refractivity contribution < 1.29 is 4.74 Å². The van der Waals surface area contributed by atoms with Crippen molar-refractivity contribution in [3.63, 3.8) is 0 Å². The number of aromatic nitrogens is 1. The summed E-state index contributed by atoms with van der Waals surface area (Å²) < 4.78 is 5.80. The number of hydrogen-bond donors (Lipinski definition) is 1. The van der Waals surface area contributed by atoms with Gasteiger partial charge in [0.05, 0.1) is 5.69 Å². The van der Waals surface area contributed by atoms with E-state index in [-0.39, 0.29) is 0 Å². The molecule has 1 aromatic heterocycles. The number of nitrogens with one attached hydrogen (secondary N) is 1. The predicted molar refractivity (Wildman–Crippen MR) is 58.1 cm³/mol. The molecule has 0 aliphatic carbocycles. The number of aryl methyl sites for hydroxylation is 2. The van der Waals surface area contributed by atoms with Crippen LogP contribution < -0.4 is 10.1 Å². The fourth-order valence-corrected chi connectivity index (χ4v) is 2.38. The van der Waals surface area contributed by atoms with Crippen LogP contribution in [-0.4, -0.2) is 24.2 Å². The van der Waals surface area contributed by atoms with E-state index >= 15 is 0 Å². The lowest BCUT2D eigenvalue weighted by Crippen LogP contribution is -2.37. The Bertz CT molecular complexity index is 286. The van der Waals surface area contributed by atoms with Crippen molar-refractivity contribution in [1.29, 1.82) is 0 Å². The van der Waals surface area contributed by atoms with Gasteiger partial charge in [-0.3, -0.25) is 0 Å². The van der Waals surface area contributed by atoms with Crippen molar-refractivity contribution in [3.05, 3.63) is 10.6 Å². The van der Waals surface area contributed by atoms with Crippen LogP contribution >= 0.6 is 11.3 Å². The van der Waals surface area contributed by atoms with Gasteiger partial charge in [0.2, 0.25) is 0 Å². The predicted octanol–water partition coefficient (Wildman–Crippen LogP) is 1.89. The van der Waals surface area contributed by atoms with Gasteiger partial charge in [-0.05, 0) is 33.2 Å². The molecule has 0 spiro atoms. The maximum absolute atomic E-state index is 5.80. The van der Waals surface area contributed by atoms with Gasteiger partial charge in [0.1, 0.15) is 6.10 Å². The van der Waals surface area contributed by atoms with Crippen molar-refractivity contribution in [2.45, 2.75) is 32.8 Å². The van der Waals surface area contributed by atoms with Crippen molar-refractivity contribution >= 4 is 11.3 Å². The molecule has 1 N–H and O–H groups in total. The van der Waals surface area contributed by atoms with Gasteiger partial charge in [0.15, 0.2) is 0 Å². The lowest BCUT2D eigenvalue weighted by Gasteiger charge is -2.22. The van der Waals surface area contributed by atoms with Gasteiger partial charge in [0.25, 0.3) is 5.19 Å². The Morgan fingerprint density at radius 2 is 2.36 bits per heavy atom. The zero-order valence-electron chi connectivity index (χ0n) is 8.67. The topological polar surface area (TPSA) is 34.1 Å². The molecule has 2 heterocycles. The molecule has 0 saturated carbocycles. The Morgan fingerprint density at radius 3 is 2.93 bits per heavy atom. The Hall–Kier alpha value is -0.610. The fraction of sp³-hybridized carbons (Fsp3) is 0.700. The van der Waals surface area contributed by atoms with Crippen molar-refractivity contribution in [2.24, 2.45) is 0 Å². The van der Waals surface area contributed by atoms with Crippen LogP contribution in [0.3, 0.4) is 0 Å². The number of piperidine rings is 1. The average molecular weight is 212 g/mol. The summed E-state index contributed by atoms with van der Waals surface area (Å²) in [4.78, 5) is 5.63. The molecule has 3 nitrogen and oxygen atoms in total. The minimum absolute atomic E-state index is 0.314. The molecule has 0 radical (unpaired) electrons. The van der Waals surface area contributed by atoms with E-state index in [1.54, 1.807) is 11.3 Å². The first kappa shape index (κ1) is 9.93. The Kier molecular flexibility index (Phi) is 3.03. The smallest absolute Gasteiger partial charge is 0.273 e. The van der Waals surface area contributed by atoms with Gasteiger partial charge in [-0.15, -0.1) is 0 Å². The summed E-state index contributed by atoms with van der Waals surface area (Å²) >= 11 is 1.65. The van der Waals surface area contributed by atoms with Crippen LogP contribution in [0.4, 0.5) is 0 Å². The molecule has 0 aromatic carbocycles. The summed E-state index contributed by atoms with van der Waals surface area (Å²) in [6.07, 6.45) is 2.66. The van der Waals surface area contributed by atoms with Crippen LogP contribution in [0.1, 0.15) is 23.4 Å². The van der Waals surface area contributed by atoms with Crippen molar-refractivity contribution in [3.8, 4) is 5.19 Å². The van der Waals surface area contributed by atoms with Crippen LogP contribution in [0, 0.1) is 13.8 Å². The van der Waals surface area contributed by atoms with Crippen molar-refractivity contribution in [1.82, 2.24) is 10.3 Å². The fourth-order valence-electron chi connectivity index (χ4n) is 1.56. The minimum atomic E-state index is 0.314. The van der Waals surface area contributed by atoms with Gasteiger partial charge >= 0.3 is 0 Å². The van der Waals surface area contributed by atoms with Crippen LogP contribution in [0.5, 0.6) is 5.19 Å². The maximum atomic E-state index is 5.80. The molecule has 0 bridgehead atoms. The lowest BCUT2D eigenvalue weighted by molar-refractivity contribution is 0.166. The molecule has 1 atom stereocenters. The first-order chi connectivity index (χ1) is 6.75. The van der Waals surface area contributed by atoms with E-state index in [1.165, 1.54) is 11.3 Å². The largest absolute Gasteiger partial charge is 0.465 e. The summed E-state index contributed by atoms with van der Waals surface area (Å²) in [6.45, 7) is 6.18. The molecular weight excluding hydrogens is 196 g/mol. The Morgan fingerprint density at radius 1 is 1.50 bits per heavy atom. The van der Waals surface area contributed by atoms with Gasteiger partial charge in [0, 0.05) is 11.4 Å². The van der Waals surface area contributed by atoms with Crippen molar-refractivity contribution in [2.75, 3.05) is 13.1 Å². The normalized spacial score (nSPS) is 22.3. The van der Waals surface area contributed by atoms with Crippen LogP contribution in [-0.2, 0) is 0 Å². The first-order valence-electron chi connectivity index (χ1n) is 5.07. The number of nitrogens with zero attached hydrogens (tertiary/aromatic N) is 1. The maximum Gasteiger partial charge on any atom is 0.273 e. The second-order valence-corrected chi connectivity index (χ2v) is 4.87. The second-order valence-electron chi connectivity index (χ2n) is 3.71. The van der Waals surface area contributed by atoms with Gasteiger partial charge in [-0.25, -0.2) is 4.98 Å². The summed E-state index contributed by atoms with van der Waals surface area (Å²) in [6, 6.07) is 0. The Balaban J connectivity index is 1.95. The van der Waals surface area contributed by atoms with E-state index in [1.807, 2.05) is 6.92 Å². The third-order valence-electron chi connectivity index (χ3n) is 2.53. The minimum Gasteiger partial charge on any atom is -0.465 e. The zero-order valence-corrected chi connectivity index (χ0v) is 9.49. The summed E-state index contributed by atoms with van der Waals surface area (Å²) in [5.74, 6) is 0. The number of thiazole rings is 1. The van der Waals surface area contributed by atoms with E-state index in [0.29, 0.717) is 6.10 Å². The molecule has 1 aliphatic heterocycles.